The van der Waals surface area contributed by atoms with Gasteiger partial charge < -0.3 is 14.8 Å². The summed E-state index contributed by atoms with van der Waals surface area (Å²) in [5.74, 6) is -1.19. The first kappa shape index (κ1) is 17.1. The lowest BCUT2D eigenvalue weighted by atomic mass is 10.2. The molecule has 1 aromatic rings. The highest BCUT2D eigenvalue weighted by Gasteiger charge is 2.12. The van der Waals surface area contributed by atoms with E-state index in [1.54, 1.807) is 0 Å². The molecular formula is C12H16N2O6S. The highest BCUT2D eigenvalue weighted by atomic mass is 32.2. The van der Waals surface area contributed by atoms with Crippen molar-refractivity contribution in [1.82, 2.24) is 5.32 Å². The first-order chi connectivity index (χ1) is 9.84. The summed E-state index contributed by atoms with van der Waals surface area (Å²) in [5, 5.41) is 7.41. The van der Waals surface area contributed by atoms with E-state index in [4.69, 9.17) is 14.6 Å². The van der Waals surface area contributed by atoms with Gasteiger partial charge in [0.1, 0.15) is 0 Å². The van der Waals surface area contributed by atoms with Crippen LogP contribution in [0.4, 0.5) is 0 Å². The second kappa shape index (κ2) is 7.72. The molecule has 0 bridgehead atoms. The Morgan fingerprint density at radius 1 is 1.24 bits per heavy atom. The first-order valence-electron chi connectivity index (χ1n) is 5.90. The van der Waals surface area contributed by atoms with Gasteiger partial charge in [0.05, 0.1) is 17.1 Å². The third kappa shape index (κ3) is 5.90. The number of primary sulfonamides is 1. The number of amides is 1. The Balaban J connectivity index is 2.51. The lowest BCUT2D eigenvalue weighted by Crippen LogP contribution is -2.31. The van der Waals surface area contributed by atoms with Gasteiger partial charge >= 0.3 is 5.97 Å². The number of carbonyl (C=O) groups excluding carboxylic acids is 2. The Hall–Kier alpha value is -1.97. The van der Waals surface area contributed by atoms with Crippen molar-refractivity contribution in [2.75, 3.05) is 26.9 Å². The Morgan fingerprint density at radius 3 is 2.38 bits per heavy atom. The normalized spacial score (nSPS) is 11.0. The molecule has 1 aromatic carbocycles. The van der Waals surface area contributed by atoms with E-state index in [2.05, 4.69) is 5.32 Å². The molecule has 8 nitrogen and oxygen atoms in total. The Bertz CT molecular complexity index is 597. The monoisotopic (exact) mass is 316 g/mol. The predicted octanol–water partition coefficient (Wildman–Crippen LogP) is -0.747. The molecule has 0 aromatic heterocycles. The minimum absolute atomic E-state index is 0.114. The number of hydrogen-bond donors (Lipinski definition) is 2. The molecule has 0 aliphatic heterocycles. The van der Waals surface area contributed by atoms with Crippen LogP contribution in [0, 0.1) is 0 Å². The Kier molecular flexibility index (Phi) is 6.28. The highest BCUT2D eigenvalue weighted by Crippen LogP contribution is 2.09. The van der Waals surface area contributed by atoms with E-state index < -0.39 is 28.5 Å². The smallest absolute Gasteiger partial charge is 0.338 e. The van der Waals surface area contributed by atoms with Crippen LogP contribution < -0.4 is 10.5 Å². The van der Waals surface area contributed by atoms with Crippen LogP contribution in [-0.4, -0.2) is 47.2 Å². The van der Waals surface area contributed by atoms with Gasteiger partial charge in [-0.15, -0.1) is 0 Å². The van der Waals surface area contributed by atoms with Crippen molar-refractivity contribution in [3.05, 3.63) is 29.8 Å². The average Bonchev–Trinajstić information content (AvgIpc) is 2.44. The van der Waals surface area contributed by atoms with Gasteiger partial charge in [-0.25, -0.2) is 18.4 Å². The van der Waals surface area contributed by atoms with Crippen molar-refractivity contribution in [2.45, 2.75) is 4.90 Å². The van der Waals surface area contributed by atoms with Gasteiger partial charge in [-0.1, -0.05) is 0 Å². The van der Waals surface area contributed by atoms with Gasteiger partial charge in [0.25, 0.3) is 5.91 Å². The zero-order valence-electron chi connectivity index (χ0n) is 11.4. The molecule has 116 valence electrons. The van der Waals surface area contributed by atoms with E-state index in [1.807, 2.05) is 0 Å². The van der Waals surface area contributed by atoms with Crippen molar-refractivity contribution in [1.29, 1.82) is 0 Å². The second-order valence-corrected chi connectivity index (χ2v) is 5.55. The van der Waals surface area contributed by atoms with E-state index in [0.29, 0.717) is 13.2 Å². The second-order valence-electron chi connectivity index (χ2n) is 3.99. The largest absolute Gasteiger partial charge is 0.452 e. The van der Waals surface area contributed by atoms with E-state index in [1.165, 1.54) is 31.4 Å². The van der Waals surface area contributed by atoms with Crippen LogP contribution in [0.3, 0.4) is 0 Å². The van der Waals surface area contributed by atoms with Gasteiger partial charge in [-0.05, 0) is 24.3 Å². The summed E-state index contributed by atoms with van der Waals surface area (Å²) in [7, 11) is -2.31. The summed E-state index contributed by atoms with van der Waals surface area (Å²) in [6, 6.07) is 4.88. The van der Waals surface area contributed by atoms with Crippen molar-refractivity contribution in [3.63, 3.8) is 0 Å². The number of benzene rings is 1. The Labute approximate surface area is 122 Å². The van der Waals surface area contributed by atoms with Crippen LogP contribution in [0.5, 0.6) is 0 Å². The summed E-state index contributed by atoms with van der Waals surface area (Å²) in [4.78, 5) is 22.8. The number of nitrogens with two attached hydrogens (primary N) is 1. The van der Waals surface area contributed by atoms with E-state index in [9.17, 15) is 18.0 Å². The summed E-state index contributed by atoms with van der Waals surface area (Å²) < 4.78 is 31.6. The minimum Gasteiger partial charge on any atom is -0.452 e. The van der Waals surface area contributed by atoms with E-state index >= 15 is 0 Å². The number of sulfonamides is 1. The van der Waals surface area contributed by atoms with Crippen molar-refractivity contribution < 1.29 is 27.5 Å². The molecule has 9 heteroatoms. The fourth-order valence-electron chi connectivity index (χ4n) is 1.34. The molecule has 0 heterocycles. The molecule has 0 fully saturated rings. The molecule has 0 radical (unpaired) electrons. The number of nitrogens with one attached hydrogen (secondary N) is 1. The maximum Gasteiger partial charge on any atom is 0.338 e. The molecule has 0 aliphatic carbocycles. The fourth-order valence-corrected chi connectivity index (χ4v) is 1.85. The number of hydrogen-bond acceptors (Lipinski definition) is 6. The topological polar surface area (TPSA) is 125 Å². The molecule has 0 aliphatic rings. The number of ether oxygens (including phenoxy) is 2. The summed E-state index contributed by atoms with van der Waals surface area (Å²) in [6.07, 6.45) is 0. The van der Waals surface area contributed by atoms with Crippen LogP contribution in [0.2, 0.25) is 0 Å². The number of methoxy groups -OCH3 is 1. The molecule has 0 saturated carbocycles. The molecule has 0 saturated heterocycles. The fraction of sp³-hybridized carbons (Fsp3) is 0.333. The molecule has 1 amide bonds. The number of carbonyl (C=O) groups is 2. The van der Waals surface area contributed by atoms with E-state index in [-0.39, 0.29) is 10.5 Å². The molecule has 0 atom stereocenters. The molecule has 0 spiro atoms. The van der Waals surface area contributed by atoms with Crippen molar-refractivity contribution in [3.8, 4) is 0 Å². The molecule has 0 unspecified atom stereocenters. The van der Waals surface area contributed by atoms with Gasteiger partial charge in [-0.2, -0.15) is 0 Å². The Morgan fingerprint density at radius 2 is 1.86 bits per heavy atom. The third-order valence-corrected chi connectivity index (χ3v) is 3.31. The van der Waals surface area contributed by atoms with Crippen LogP contribution in [0.15, 0.2) is 29.2 Å². The maximum atomic E-state index is 11.6. The van der Waals surface area contributed by atoms with Gasteiger partial charge in [-0.3, -0.25) is 4.79 Å². The summed E-state index contributed by atoms with van der Waals surface area (Å²) >= 11 is 0. The molecule has 1 rings (SSSR count). The molecule has 21 heavy (non-hydrogen) atoms. The minimum atomic E-state index is -3.81. The zero-order chi connectivity index (χ0) is 15.9. The van der Waals surface area contributed by atoms with Gasteiger partial charge in [0, 0.05) is 13.7 Å². The quantitative estimate of drug-likeness (QED) is 0.504. The summed E-state index contributed by atoms with van der Waals surface area (Å²) in [6.45, 7) is 0.240. The SMILES string of the molecule is COCCNC(=O)COC(=O)c1ccc(S(N)(=O)=O)cc1. The van der Waals surface area contributed by atoms with Gasteiger partial charge in [0.2, 0.25) is 10.0 Å². The van der Waals surface area contributed by atoms with Crippen LogP contribution in [-0.2, 0) is 24.3 Å². The van der Waals surface area contributed by atoms with Crippen LogP contribution in [0.25, 0.3) is 0 Å². The van der Waals surface area contributed by atoms with Crippen molar-refractivity contribution in [2.24, 2.45) is 5.14 Å². The first-order valence-corrected chi connectivity index (χ1v) is 7.45. The highest BCUT2D eigenvalue weighted by molar-refractivity contribution is 7.89. The van der Waals surface area contributed by atoms with Crippen LogP contribution in [0.1, 0.15) is 10.4 Å². The number of esters is 1. The maximum absolute atomic E-state index is 11.6. The average molecular weight is 316 g/mol. The molecule has 3 N–H and O–H groups in total. The van der Waals surface area contributed by atoms with Crippen molar-refractivity contribution >= 4 is 21.9 Å². The standard InChI is InChI=1S/C12H16N2O6S/c1-19-7-6-14-11(15)8-20-12(16)9-2-4-10(5-3-9)21(13,17)18/h2-5H,6-8H2,1H3,(H,14,15)(H2,13,17,18). The predicted molar refractivity (Wildman–Crippen MR) is 73.0 cm³/mol. The molecular weight excluding hydrogens is 300 g/mol. The summed E-state index contributed by atoms with van der Waals surface area (Å²) in [5.41, 5.74) is 0.118. The van der Waals surface area contributed by atoms with Gasteiger partial charge in [0.15, 0.2) is 6.61 Å². The zero-order valence-corrected chi connectivity index (χ0v) is 12.2. The van der Waals surface area contributed by atoms with Crippen LogP contribution >= 0.6 is 0 Å². The lowest BCUT2D eigenvalue weighted by molar-refractivity contribution is -0.124. The van der Waals surface area contributed by atoms with E-state index in [0.717, 1.165) is 0 Å². The number of rotatable bonds is 7. The third-order valence-electron chi connectivity index (χ3n) is 2.38. The lowest BCUT2D eigenvalue weighted by Gasteiger charge is -2.06.